The van der Waals surface area contributed by atoms with Gasteiger partial charge in [0, 0.05) is 11.8 Å². The van der Waals surface area contributed by atoms with Crippen LogP contribution in [0.5, 0.6) is 5.88 Å². The molecule has 2 aromatic heterocycles. The van der Waals surface area contributed by atoms with E-state index in [1.54, 1.807) is 23.0 Å². The second-order valence-electron chi connectivity index (χ2n) is 5.91. The van der Waals surface area contributed by atoms with E-state index in [1.807, 2.05) is 39.0 Å². The van der Waals surface area contributed by atoms with Crippen molar-refractivity contribution in [2.24, 2.45) is 0 Å². The lowest BCUT2D eigenvalue weighted by Gasteiger charge is -2.11. The Morgan fingerprint density at radius 2 is 2.00 bits per heavy atom. The number of hydrogen-bond acceptors (Lipinski definition) is 5. The van der Waals surface area contributed by atoms with E-state index in [0.29, 0.717) is 23.7 Å². The fraction of sp³-hybridized carbons (Fsp3) is 0.263. The van der Waals surface area contributed by atoms with Gasteiger partial charge in [0.15, 0.2) is 5.82 Å². The number of hydrogen-bond donors (Lipinski definition) is 1. The normalized spacial score (nSPS) is 10.6. The number of aryl methyl sites for hydroxylation is 1. The summed E-state index contributed by atoms with van der Waals surface area (Å²) in [6.45, 7) is 5.98. The van der Waals surface area contributed by atoms with E-state index in [-0.39, 0.29) is 5.91 Å². The van der Waals surface area contributed by atoms with Gasteiger partial charge in [-0.1, -0.05) is 19.1 Å². The SMILES string of the molecule is CCc1c(C(=O)Nc2cccc(C)c2C)cnn1-c1ccc(OC)nn1. The highest BCUT2D eigenvalue weighted by atomic mass is 16.5. The van der Waals surface area contributed by atoms with E-state index in [1.165, 1.54) is 7.11 Å². The zero-order valence-electron chi connectivity index (χ0n) is 15.3. The summed E-state index contributed by atoms with van der Waals surface area (Å²) in [5, 5.41) is 15.4. The highest BCUT2D eigenvalue weighted by Crippen LogP contribution is 2.21. The summed E-state index contributed by atoms with van der Waals surface area (Å²) in [5.74, 6) is 0.767. The number of anilines is 1. The standard InChI is InChI=1S/C19H21N5O2/c1-5-16-14(19(25)21-15-8-6-7-12(2)13(15)3)11-20-24(16)17-9-10-18(26-4)23-22-17/h6-11H,5H2,1-4H3,(H,21,25). The Hall–Kier alpha value is -3.22. The van der Waals surface area contributed by atoms with E-state index in [9.17, 15) is 4.79 Å². The number of aromatic nitrogens is 4. The van der Waals surface area contributed by atoms with E-state index in [2.05, 4.69) is 20.6 Å². The maximum atomic E-state index is 12.8. The fourth-order valence-corrected chi connectivity index (χ4v) is 2.71. The van der Waals surface area contributed by atoms with Gasteiger partial charge in [0.2, 0.25) is 5.88 Å². The van der Waals surface area contributed by atoms with Crippen LogP contribution in [-0.4, -0.2) is 33.0 Å². The minimum absolute atomic E-state index is 0.191. The monoisotopic (exact) mass is 351 g/mol. The Morgan fingerprint density at radius 1 is 1.19 bits per heavy atom. The second kappa shape index (κ2) is 7.35. The molecule has 1 amide bonds. The van der Waals surface area contributed by atoms with Crippen LogP contribution in [0.4, 0.5) is 5.69 Å². The van der Waals surface area contributed by atoms with E-state index in [4.69, 9.17) is 4.74 Å². The summed E-state index contributed by atoms with van der Waals surface area (Å²) in [6.07, 6.45) is 2.19. The largest absolute Gasteiger partial charge is 0.480 e. The highest BCUT2D eigenvalue weighted by Gasteiger charge is 2.19. The topological polar surface area (TPSA) is 81.9 Å². The van der Waals surface area contributed by atoms with Crippen molar-refractivity contribution in [3.63, 3.8) is 0 Å². The summed E-state index contributed by atoms with van der Waals surface area (Å²) >= 11 is 0. The quantitative estimate of drug-likeness (QED) is 0.764. The van der Waals surface area contributed by atoms with Crippen molar-refractivity contribution in [2.45, 2.75) is 27.2 Å². The summed E-state index contributed by atoms with van der Waals surface area (Å²) in [7, 11) is 1.53. The van der Waals surface area contributed by atoms with Crippen molar-refractivity contribution in [3.05, 3.63) is 58.9 Å². The van der Waals surface area contributed by atoms with Crippen molar-refractivity contribution in [3.8, 4) is 11.7 Å². The van der Waals surface area contributed by atoms with Gasteiger partial charge in [-0.2, -0.15) is 5.10 Å². The van der Waals surface area contributed by atoms with Gasteiger partial charge >= 0.3 is 0 Å². The molecule has 7 heteroatoms. The molecule has 3 aromatic rings. The molecule has 1 aromatic carbocycles. The lowest BCUT2D eigenvalue weighted by atomic mass is 10.1. The Balaban J connectivity index is 1.91. The first-order valence-corrected chi connectivity index (χ1v) is 8.37. The molecule has 0 bridgehead atoms. The van der Waals surface area contributed by atoms with E-state index in [0.717, 1.165) is 22.5 Å². The van der Waals surface area contributed by atoms with Crippen molar-refractivity contribution >= 4 is 11.6 Å². The lowest BCUT2D eigenvalue weighted by Crippen LogP contribution is -2.15. The highest BCUT2D eigenvalue weighted by molar-refractivity contribution is 6.05. The first-order valence-electron chi connectivity index (χ1n) is 8.37. The molecular weight excluding hydrogens is 330 g/mol. The minimum atomic E-state index is -0.191. The molecule has 0 saturated carbocycles. The predicted octanol–water partition coefficient (Wildman–Crippen LogP) is 3.10. The Morgan fingerprint density at radius 3 is 2.65 bits per heavy atom. The Bertz CT molecular complexity index is 932. The van der Waals surface area contributed by atoms with E-state index < -0.39 is 0 Å². The first-order chi connectivity index (χ1) is 12.5. The molecule has 7 nitrogen and oxygen atoms in total. The van der Waals surface area contributed by atoms with Crippen molar-refractivity contribution < 1.29 is 9.53 Å². The van der Waals surface area contributed by atoms with Crippen molar-refractivity contribution in [1.29, 1.82) is 0 Å². The van der Waals surface area contributed by atoms with Gasteiger partial charge in [-0.15, -0.1) is 10.2 Å². The van der Waals surface area contributed by atoms with Crippen LogP contribution < -0.4 is 10.1 Å². The lowest BCUT2D eigenvalue weighted by molar-refractivity contribution is 0.102. The number of nitrogens with zero attached hydrogens (tertiary/aromatic N) is 4. The molecule has 134 valence electrons. The summed E-state index contributed by atoms with van der Waals surface area (Å²) < 4.78 is 6.65. The van der Waals surface area contributed by atoms with Gasteiger partial charge in [0.1, 0.15) is 0 Å². The third-order valence-corrected chi connectivity index (χ3v) is 4.35. The zero-order valence-corrected chi connectivity index (χ0v) is 15.3. The molecule has 0 unspecified atom stereocenters. The van der Waals surface area contributed by atoms with Crippen molar-refractivity contribution in [1.82, 2.24) is 20.0 Å². The number of carbonyl (C=O) groups excluding carboxylic acids is 1. The Kier molecular flexibility index (Phi) is 4.97. The zero-order chi connectivity index (χ0) is 18.7. The molecule has 0 fully saturated rings. The average Bonchev–Trinajstić information content (AvgIpc) is 3.09. The van der Waals surface area contributed by atoms with Crippen LogP contribution in [0.1, 0.15) is 34.1 Å². The summed E-state index contributed by atoms with van der Waals surface area (Å²) in [5.41, 5.74) is 4.27. The predicted molar refractivity (Wildman–Crippen MR) is 99.0 cm³/mol. The van der Waals surface area contributed by atoms with Crippen LogP contribution in [0.25, 0.3) is 5.82 Å². The molecule has 0 radical (unpaired) electrons. The van der Waals surface area contributed by atoms with Gasteiger partial charge in [-0.05, 0) is 43.5 Å². The number of carbonyl (C=O) groups is 1. The van der Waals surface area contributed by atoms with Gasteiger partial charge < -0.3 is 10.1 Å². The fourth-order valence-electron chi connectivity index (χ4n) is 2.71. The van der Waals surface area contributed by atoms with Crippen LogP contribution in [0.15, 0.2) is 36.5 Å². The minimum Gasteiger partial charge on any atom is -0.480 e. The van der Waals surface area contributed by atoms with Gasteiger partial charge in [0.05, 0.1) is 24.6 Å². The molecule has 1 N–H and O–H groups in total. The molecule has 0 aliphatic carbocycles. The van der Waals surface area contributed by atoms with Crippen LogP contribution >= 0.6 is 0 Å². The third kappa shape index (κ3) is 3.28. The van der Waals surface area contributed by atoms with Crippen LogP contribution in [0.2, 0.25) is 0 Å². The molecule has 0 aliphatic heterocycles. The molecule has 0 aliphatic rings. The molecule has 26 heavy (non-hydrogen) atoms. The van der Waals surface area contributed by atoms with Crippen molar-refractivity contribution in [2.75, 3.05) is 12.4 Å². The van der Waals surface area contributed by atoms with Gasteiger partial charge in [-0.25, -0.2) is 4.68 Å². The second-order valence-corrected chi connectivity index (χ2v) is 5.91. The average molecular weight is 351 g/mol. The van der Waals surface area contributed by atoms with Gasteiger partial charge in [-0.3, -0.25) is 4.79 Å². The summed E-state index contributed by atoms with van der Waals surface area (Å²) in [4.78, 5) is 12.8. The number of amides is 1. The molecule has 2 heterocycles. The molecule has 0 saturated heterocycles. The maximum Gasteiger partial charge on any atom is 0.259 e. The van der Waals surface area contributed by atoms with E-state index >= 15 is 0 Å². The molecule has 0 atom stereocenters. The number of nitrogens with one attached hydrogen (secondary N) is 1. The molecule has 3 rings (SSSR count). The molecular formula is C19H21N5O2. The number of ether oxygens (including phenoxy) is 1. The summed E-state index contributed by atoms with van der Waals surface area (Å²) in [6, 6.07) is 9.30. The smallest absolute Gasteiger partial charge is 0.259 e. The number of rotatable bonds is 5. The maximum absolute atomic E-state index is 12.8. The van der Waals surface area contributed by atoms with Crippen LogP contribution in [-0.2, 0) is 6.42 Å². The Labute approximate surface area is 152 Å². The number of methoxy groups -OCH3 is 1. The van der Waals surface area contributed by atoms with Crippen LogP contribution in [0, 0.1) is 13.8 Å². The first kappa shape index (κ1) is 17.6. The number of benzene rings is 1. The third-order valence-electron chi connectivity index (χ3n) is 4.35. The van der Waals surface area contributed by atoms with Crippen LogP contribution in [0.3, 0.4) is 0 Å². The van der Waals surface area contributed by atoms with Gasteiger partial charge in [0.25, 0.3) is 5.91 Å². The molecule has 0 spiro atoms.